The van der Waals surface area contributed by atoms with Crippen molar-refractivity contribution in [3.63, 3.8) is 0 Å². The molecular formula is C20H34BN4O4P. The predicted octanol–water partition coefficient (Wildman–Crippen LogP) is 0.463. The van der Waals surface area contributed by atoms with Crippen molar-refractivity contribution in [3.05, 3.63) is 35.9 Å². The van der Waals surface area contributed by atoms with Crippen LogP contribution < -0.4 is 0 Å². The maximum Gasteiger partial charge on any atom is 0.253 e. The summed E-state index contributed by atoms with van der Waals surface area (Å²) in [5, 5.41) is 0. The van der Waals surface area contributed by atoms with Crippen LogP contribution in [0.2, 0.25) is 0 Å². The van der Waals surface area contributed by atoms with Crippen LogP contribution in [0.1, 0.15) is 10.4 Å². The third kappa shape index (κ3) is 5.72. The SMILES string of the molecule is BC1CN(C)CC(COCP(=O)(N(C)C)N2CCN(C(=O)c3ccccc3)CC2)O1. The fourth-order valence-corrected chi connectivity index (χ4v) is 6.14. The molecule has 8 nitrogen and oxygen atoms in total. The van der Waals surface area contributed by atoms with Crippen LogP contribution in [0.3, 0.4) is 0 Å². The number of likely N-dealkylation sites (N-methyl/N-ethyl adjacent to an activating group) is 1. The van der Waals surface area contributed by atoms with Crippen LogP contribution in [-0.2, 0) is 14.0 Å². The third-order valence-electron chi connectivity index (χ3n) is 5.70. The molecule has 0 spiro atoms. The lowest BCUT2D eigenvalue weighted by Crippen LogP contribution is -2.49. The Morgan fingerprint density at radius 3 is 2.47 bits per heavy atom. The average molecular weight is 436 g/mol. The third-order valence-corrected chi connectivity index (χ3v) is 8.76. The van der Waals surface area contributed by atoms with Crippen LogP contribution in [0.25, 0.3) is 0 Å². The van der Waals surface area contributed by atoms with Crippen LogP contribution in [0.15, 0.2) is 30.3 Å². The molecule has 166 valence electrons. The van der Waals surface area contributed by atoms with Crippen molar-refractivity contribution in [2.45, 2.75) is 12.1 Å². The van der Waals surface area contributed by atoms with Crippen LogP contribution in [-0.4, -0.2) is 118 Å². The number of morpholine rings is 1. The number of piperazine rings is 1. The van der Waals surface area contributed by atoms with Gasteiger partial charge >= 0.3 is 0 Å². The maximum atomic E-state index is 13.8. The summed E-state index contributed by atoms with van der Waals surface area (Å²) in [7, 11) is 4.94. The van der Waals surface area contributed by atoms with Crippen molar-refractivity contribution in [1.29, 1.82) is 0 Å². The van der Waals surface area contributed by atoms with Gasteiger partial charge in [-0.05, 0) is 33.3 Å². The van der Waals surface area contributed by atoms with Crippen molar-refractivity contribution in [2.75, 3.05) is 73.4 Å². The summed E-state index contributed by atoms with van der Waals surface area (Å²) in [6, 6.07) is 9.48. The highest BCUT2D eigenvalue weighted by molar-refractivity contribution is 7.58. The van der Waals surface area contributed by atoms with Gasteiger partial charge in [-0.1, -0.05) is 18.2 Å². The van der Waals surface area contributed by atoms with E-state index in [4.69, 9.17) is 9.47 Å². The minimum Gasteiger partial charge on any atom is -0.379 e. The van der Waals surface area contributed by atoms with Gasteiger partial charge in [0.2, 0.25) is 7.44 Å². The number of benzene rings is 1. The molecule has 1 aromatic carbocycles. The van der Waals surface area contributed by atoms with Gasteiger partial charge in [-0.2, -0.15) is 0 Å². The molecule has 3 atom stereocenters. The lowest BCUT2D eigenvalue weighted by atomic mass is 9.98. The Morgan fingerprint density at radius 1 is 1.20 bits per heavy atom. The standard InChI is InChI=1S/C20H34BN4O4P/c1-22(2)30(27,16-28-15-18-13-23(3)14-19(21)29-18)25-11-9-24(10-12-25)20(26)17-7-5-4-6-8-17/h4-8,18-19H,9-16,21H2,1-3H3. The first kappa shape index (κ1) is 23.4. The first-order valence-electron chi connectivity index (χ1n) is 10.6. The highest BCUT2D eigenvalue weighted by Gasteiger charge is 2.37. The van der Waals surface area contributed by atoms with Gasteiger partial charge in [-0.25, -0.2) is 9.34 Å². The van der Waals surface area contributed by atoms with Gasteiger partial charge in [0.1, 0.15) is 14.2 Å². The van der Waals surface area contributed by atoms with Gasteiger partial charge < -0.3 is 19.3 Å². The lowest BCUT2D eigenvalue weighted by molar-refractivity contribution is -0.0748. The molecule has 30 heavy (non-hydrogen) atoms. The molecule has 2 saturated heterocycles. The monoisotopic (exact) mass is 436 g/mol. The van der Waals surface area contributed by atoms with E-state index in [1.165, 1.54) is 0 Å². The lowest BCUT2D eigenvalue weighted by Gasteiger charge is -2.41. The molecule has 0 aliphatic carbocycles. The quantitative estimate of drug-likeness (QED) is 0.455. The number of amides is 1. The summed E-state index contributed by atoms with van der Waals surface area (Å²) >= 11 is 0. The molecule has 2 heterocycles. The van der Waals surface area contributed by atoms with Crippen molar-refractivity contribution in [3.8, 4) is 0 Å². The van der Waals surface area contributed by atoms with Gasteiger partial charge in [-0.15, -0.1) is 0 Å². The summed E-state index contributed by atoms with van der Waals surface area (Å²) in [5.74, 6) is 0.0267. The number of carbonyl (C=O) groups excluding carboxylic acids is 1. The zero-order chi connectivity index (χ0) is 21.7. The first-order chi connectivity index (χ1) is 14.3. The second kappa shape index (κ2) is 10.4. The number of rotatable bonds is 7. The van der Waals surface area contributed by atoms with E-state index in [1.807, 2.05) is 54.0 Å². The minimum absolute atomic E-state index is 0.00490. The second-order valence-corrected chi connectivity index (χ2v) is 11.4. The largest absolute Gasteiger partial charge is 0.379 e. The van der Waals surface area contributed by atoms with E-state index >= 15 is 0 Å². The normalized spacial score (nSPS) is 25.9. The Hall–Kier alpha value is -1.22. The Balaban J connectivity index is 1.53. The molecule has 1 amide bonds. The molecule has 3 rings (SSSR count). The van der Waals surface area contributed by atoms with Gasteiger partial charge in [0.25, 0.3) is 5.91 Å². The van der Waals surface area contributed by atoms with Crippen molar-refractivity contribution in [2.24, 2.45) is 0 Å². The fraction of sp³-hybridized carbons (Fsp3) is 0.650. The maximum absolute atomic E-state index is 13.8. The van der Waals surface area contributed by atoms with Gasteiger partial charge in [-0.3, -0.25) is 9.36 Å². The van der Waals surface area contributed by atoms with E-state index in [1.54, 1.807) is 4.67 Å². The topological polar surface area (TPSA) is 65.6 Å². The van der Waals surface area contributed by atoms with Crippen LogP contribution in [0.4, 0.5) is 0 Å². The summed E-state index contributed by atoms with van der Waals surface area (Å²) < 4.78 is 29.4. The number of ether oxygens (including phenoxy) is 2. The molecule has 2 fully saturated rings. The van der Waals surface area contributed by atoms with E-state index in [2.05, 4.69) is 19.8 Å². The Kier molecular flexibility index (Phi) is 8.13. The second-order valence-electron chi connectivity index (χ2n) is 8.41. The molecular weight excluding hydrogens is 402 g/mol. The smallest absolute Gasteiger partial charge is 0.253 e. The van der Waals surface area contributed by atoms with E-state index in [9.17, 15) is 9.36 Å². The first-order valence-corrected chi connectivity index (χ1v) is 12.4. The zero-order valence-corrected chi connectivity index (χ0v) is 19.5. The molecule has 0 radical (unpaired) electrons. The predicted molar refractivity (Wildman–Crippen MR) is 121 cm³/mol. The van der Waals surface area contributed by atoms with Gasteiger partial charge in [0, 0.05) is 50.8 Å². The Morgan fingerprint density at radius 2 is 1.87 bits per heavy atom. The van der Waals surface area contributed by atoms with E-state index in [0.29, 0.717) is 38.3 Å². The molecule has 0 aromatic heterocycles. The highest BCUT2D eigenvalue weighted by atomic mass is 31.2. The minimum atomic E-state index is -2.86. The van der Waals surface area contributed by atoms with Crippen LogP contribution >= 0.6 is 7.44 Å². The molecule has 0 bridgehead atoms. The fourth-order valence-electron chi connectivity index (χ4n) is 4.10. The molecule has 2 aliphatic heterocycles. The van der Waals surface area contributed by atoms with Crippen molar-refractivity contribution < 1.29 is 18.8 Å². The molecule has 3 unspecified atom stereocenters. The Bertz CT molecular complexity index is 736. The van der Waals surface area contributed by atoms with Crippen molar-refractivity contribution in [1.82, 2.24) is 19.1 Å². The van der Waals surface area contributed by atoms with Gasteiger partial charge in [0.15, 0.2) is 0 Å². The van der Waals surface area contributed by atoms with Crippen LogP contribution in [0.5, 0.6) is 0 Å². The number of nitrogens with zero attached hydrogens (tertiary/aromatic N) is 4. The highest BCUT2D eigenvalue weighted by Crippen LogP contribution is 2.51. The average Bonchev–Trinajstić information content (AvgIpc) is 2.73. The van der Waals surface area contributed by atoms with Crippen LogP contribution in [0, 0.1) is 0 Å². The molecule has 0 saturated carbocycles. The number of carbonyl (C=O) groups is 1. The van der Waals surface area contributed by atoms with Crippen molar-refractivity contribution >= 4 is 21.2 Å². The number of hydrogen-bond acceptors (Lipinski definition) is 5. The summed E-state index contributed by atoms with van der Waals surface area (Å²) in [6.07, 6.45) is 0.152. The Labute approximate surface area is 181 Å². The summed E-state index contributed by atoms with van der Waals surface area (Å²) in [6.45, 7) is 4.40. The van der Waals surface area contributed by atoms with Gasteiger partial charge in [0.05, 0.1) is 12.7 Å². The number of hydrogen-bond donors (Lipinski definition) is 0. The summed E-state index contributed by atoms with van der Waals surface area (Å²) in [4.78, 5) is 16.7. The molecule has 1 aromatic rings. The molecule has 10 heteroatoms. The summed E-state index contributed by atoms with van der Waals surface area (Å²) in [5.41, 5.74) is 0.691. The molecule has 0 N–H and O–H groups in total. The zero-order valence-electron chi connectivity index (χ0n) is 18.6. The van der Waals surface area contributed by atoms with E-state index < -0.39 is 7.44 Å². The van der Waals surface area contributed by atoms with E-state index in [-0.39, 0.29) is 24.4 Å². The van der Waals surface area contributed by atoms with E-state index in [0.717, 1.165) is 13.1 Å². The molecule has 2 aliphatic rings.